The minimum absolute atomic E-state index is 0.154. The zero-order valence-corrected chi connectivity index (χ0v) is 18.7. The smallest absolute Gasteiger partial charge is 0.251 e. The van der Waals surface area contributed by atoms with Crippen molar-refractivity contribution in [3.8, 4) is 5.75 Å². The Hall–Kier alpha value is -3.04. The Labute approximate surface area is 189 Å². The van der Waals surface area contributed by atoms with Gasteiger partial charge in [0.2, 0.25) is 5.91 Å². The number of halogens is 1. The highest BCUT2D eigenvalue weighted by Crippen LogP contribution is 2.22. The lowest BCUT2D eigenvalue weighted by Gasteiger charge is -2.09. The number of anilines is 1. The third-order valence-corrected chi connectivity index (χ3v) is 5.65. The van der Waals surface area contributed by atoms with Crippen molar-refractivity contribution >= 4 is 40.9 Å². The van der Waals surface area contributed by atoms with Crippen molar-refractivity contribution in [3.05, 3.63) is 64.9 Å². The van der Waals surface area contributed by atoms with E-state index in [1.165, 1.54) is 11.8 Å². The summed E-state index contributed by atoms with van der Waals surface area (Å²) in [4.78, 5) is 24.6. The second kappa shape index (κ2) is 10.8. The molecule has 162 valence electrons. The summed E-state index contributed by atoms with van der Waals surface area (Å²) in [7, 11) is 1.57. The van der Waals surface area contributed by atoms with Gasteiger partial charge in [-0.25, -0.2) is 0 Å². The van der Waals surface area contributed by atoms with Crippen molar-refractivity contribution in [2.45, 2.75) is 25.2 Å². The monoisotopic (exact) mass is 459 g/mol. The Balaban J connectivity index is 1.56. The minimum atomic E-state index is -0.221. The van der Waals surface area contributed by atoms with Crippen LogP contribution in [0.4, 0.5) is 5.69 Å². The number of carbonyl (C=O) groups is 2. The number of para-hydroxylation sites is 1. The quantitative estimate of drug-likeness (QED) is 0.474. The maximum absolute atomic E-state index is 12.4. The first-order chi connectivity index (χ1) is 15.0. The number of hydrogen-bond acceptors (Lipinski definition) is 6. The second-order valence-corrected chi connectivity index (χ2v) is 7.72. The zero-order valence-electron chi connectivity index (χ0n) is 17.1. The summed E-state index contributed by atoms with van der Waals surface area (Å²) in [6, 6.07) is 13.9. The Kier molecular flexibility index (Phi) is 7.91. The van der Waals surface area contributed by atoms with Gasteiger partial charge in [0.15, 0.2) is 11.0 Å². The molecule has 0 unspecified atom stereocenters. The van der Waals surface area contributed by atoms with Gasteiger partial charge < -0.3 is 19.9 Å². The number of aromatic nitrogens is 3. The van der Waals surface area contributed by atoms with Gasteiger partial charge in [-0.15, -0.1) is 10.2 Å². The van der Waals surface area contributed by atoms with E-state index in [0.717, 1.165) is 0 Å². The standard InChI is InChI=1S/C21H22ClN5O3S/c1-3-27-18(12-23-20(29)14-8-10-15(30-2)11-9-14)25-26-21(27)31-13-19(28)24-17-7-5-4-6-16(17)22/h4-11H,3,12-13H2,1-2H3,(H,23,29)(H,24,28). The molecule has 10 heteroatoms. The molecular formula is C21H22ClN5O3S. The average Bonchev–Trinajstić information content (AvgIpc) is 3.19. The van der Waals surface area contributed by atoms with Crippen LogP contribution in [-0.4, -0.2) is 39.4 Å². The molecule has 0 saturated carbocycles. The van der Waals surface area contributed by atoms with Crippen LogP contribution in [0.25, 0.3) is 0 Å². The number of amides is 2. The number of nitrogens with zero attached hydrogens (tertiary/aromatic N) is 3. The molecule has 3 aromatic rings. The minimum Gasteiger partial charge on any atom is -0.497 e. The first kappa shape index (κ1) is 22.6. The lowest BCUT2D eigenvalue weighted by Crippen LogP contribution is -2.24. The summed E-state index contributed by atoms with van der Waals surface area (Å²) in [5, 5.41) is 15.0. The van der Waals surface area contributed by atoms with Crippen LogP contribution >= 0.6 is 23.4 Å². The topological polar surface area (TPSA) is 98.1 Å². The molecule has 3 rings (SSSR count). The third-order valence-electron chi connectivity index (χ3n) is 4.35. The van der Waals surface area contributed by atoms with E-state index in [4.69, 9.17) is 16.3 Å². The maximum atomic E-state index is 12.4. The van der Waals surface area contributed by atoms with Gasteiger partial charge in [0, 0.05) is 12.1 Å². The van der Waals surface area contributed by atoms with E-state index >= 15 is 0 Å². The Morgan fingerprint density at radius 3 is 2.55 bits per heavy atom. The molecule has 0 radical (unpaired) electrons. The molecule has 0 fully saturated rings. The molecule has 31 heavy (non-hydrogen) atoms. The molecule has 0 bridgehead atoms. The van der Waals surface area contributed by atoms with E-state index in [9.17, 15) is 9.59 Å². The van der Waals surface area contributed by atoms with Crippen LogP contribution in [0.5, 0.6) is 5.75 Å². The van der Waals surface area contributed by atoms with E-state index in [2.05, 4.69) is 20.8 Å². The van der Waals surface area contributed by atoms with Crippen LogP contribution in [0.3, 0.4) is 0 Å². The van der Waals surface area contributed by atoms with E-state index in [1.54, 1.807) is 55.6 Å². The highest BCUT2D eigenvalue weighted by Gasteiger charge is 2.15. The molecule has 0 spiro atoms. The number of hydrogen-bond donors (Lipinski definition) is 2. The van der Waals surface area contributed by atoms with Crippen LogP contribution in [0.2, 0.25) is 5.02 Å². The molecule has 1 aromatic heterocycles. The van der Waals surface area contributed by atoms with Crippen molar-refractivity contribution in [1.29, 1.82) is 0 Å². The van der Waals surface area contributed by atoms with E-state index < -0.39 is 0 Å². The molecule has 0 aliphatic heterocycles. The Bertz CT molecular complexity index is 1060. The van der Waals surface area contributed by atoms with Gasteiger partial charge in [0.05, 0.1) is 30.1 Å². The maximum Gasteiger partial charge on any atom is 0.251 e. The van der Waals surface area contributed by atoms with E-state index in [1.807, 2.05) is 11.5 Å². The van der Waals surface area contributed by atoms with Crippen molar-refractivity contribution in [2.75, 3.05) is 18.2 Å². The summed E-state index contributed by atoms with van der Waals surface area (Å²) < 4.78 is 6.96. The fourth-order valence-corrected chi connectivity index (χ4v) is 3.76. The fraction of sp³-hybridized carbons (Fsp3) is 0.238. The molecule has 0 saturated heterocycles. The summed E-state index contributed by atoms with van der Waals surface area (Å²) in [6.07, 6.45) is 0. The first-order valence-electron chi connectivity index (χ1n) is 9.53. The van der Waals surface area contributed by atoms with Crippen molar-refractivity contribution < 1.29 is 14.3 Å². The van der Waals surface area contributed by atoms with Gasteiger partial charge in [-0.05, 0) is 43.3 Å². The van der Waals surface area contributed by atoms with Gasteiger partial charge in [-0.2, -0.15) is 0 Å². The predicted molar refractivity (Wildman–Crippen MR) is 121 cm³/mol. The Morgan fingerprint density at radius 2 is 1.87 bits per heavy atom. The average molecular weight is 460 g/mol. The molecule has 0 atom stereocenters. The number of ether oxygens (including phenoxy) is 1. The van der Waals surface area contributed by atoms with E-state index in [0.29, 0.717) is 39.5 Å². The number of carbonyl (C=O) groups excluding carboxylic acids is 2. The van der Waals surface area contributed by atoms with Crippen LogP contribution in [0.1, 0.15) is 23.1 Å². The van der Waals surface area contributed by atoms with Gasteiger partial charge in [-0.3, -0.25) is 9.59 Å². The number of rotatable bonds is 9. The van der Waals surface area contributed by atoms with Crippen LogP contribution < -0.4 is 15.4 Å². The van der Waals surface area contributed by atoms with Crippen LogP contribution in [-0.2, 0) is 17.9 Å². The highest BCUT2D eigenvalue weighted by molar-refractivity contribution is 7.99. The SMILES string of the molecule is CCn1c(CNC(=O)c2ccc(OC)cc2)nnc1SCC(=O)Nc1ccccc1Cl. The second-order valence-electron chi connectivity index (χ2n) is 6.37. The largest absolute Gasteiger partial charge is 0.497 e. The number of nitrogens with one attached hydrogen (secondary N) is 2. The van der Waals surface area contributed by atoms with Gasteiger partial charge in [0.1, 0.15) is 5.75 Å². The Morgan fingerprint density at radius 1 is 1.13 bits per heavy atom. The number of thioether (sulfide) groups is 1. The number of methoxy groups -OCH3 is 1. The van der Waals surface area contributed by atoms with E-state index in [-0.39, 0.29) is 24.1 Å². The lowest BCUT2D eigenvalue weighted by atomic mass is 10.2. The number of benzene rings is 2. The summed E-state index contributed by atoms with van der Waals surface area (Å²) >= 11 is 7.34. The van der Waals surface area contributed by atoms with Gasteiger partial charge in [0.25, 0.3) is 5.91 Å². The van der Waals surface area contributed by atoms with Crippen LogP contribution in [0, 0.1) is 0 Å². The van der Waals surface area contributed by atoms with Crippen molar-refractivity contribution in [2.24, 2.45) is 0 Å². The summed E-state index contributed by atoms with van der Waals surface area (Å²) in [6.45, 7) is 2.78. The molecule has 1 heterocycles. The predicted octanol–water partition coefficient (Wildman–Crippen LogP) is 3.62. The first-order valence-corrected chi connectivity index (χ1v) is 10.9. The molecule has 0 aliphatic carbocycles. The molecule has 0 aliphatic rings. The van der Waals surface area contributed by atoms with Gasteiger partial charge in [-0.1, -0.05) is 35.5 Å². The third kappa shape index (κ3) is 5.99. The molecular weight excluding hydrogens is 438 g/mol. The normalized spacial score (nSPS) is 10.5. The molecule has 2 amide bonds. The molecule has 8 nitrogen and oxygen atoms in total. The summed E-state index contributed by atoms with van der Waals surface area (Å²) in [5.41, 5.74) is 1.09. The lowest BCUT2D eigenvalue weighted by molar-refractivity contribution is -0.113. The fourth-order valence-electron chi connectivity index (χ4n) is 2.76. The van der Waals surface area contributed by atoms with Crippen molar-refractivity contribution in [3.63, 3.8) is 0 Å². The summed E-state index contributed by atoms with van der Waals surface area (Å²) in [5.74, 6) is 1.03. The highest BCUT2D eigenvalue weighted by atomic mass is 35.5. The zero-order chi connectivity index (χ0) is 22.2. The van der Waals surface area contributed by atoms with Crippen LogP contribution in [0.15, 0.2) is 53.7 Å². The molecule has 2 aromatic carbocycles. The van der Waals surface area contributed by atoms with Crippen molar-refractivity contribution in [1.82, 2.24) is 20.1 Å². The van der Waals surface area contributed by atoms with Gasteiger partial charge >= 0.3 is 0 Å². The molecule has 2 N–H and O–H groups in total.